The molecule has 0 saturated carbocycles. The molecule has 0 aromatic carbocycles. The second-order valence-corrected chi connectivity index (χ2v) is 11.8. The minimum Gasteiger partial charge on any atom is -0.296 e. The van der Waals surface area contributed by atoms with Gasteiger partial charge in [0, 0.05) is 11.1 Å². The fraction of sp³-hybridized carbons (Fsp3) is 0.846. The number of nitrogens with zero attached hydrogens (tertiary/aromatic N) is 1. The topological polar surface area (TPSA) is 3.24 Å². The molecule has 15 heavy (non-hydrogen) atoms. The fourth-order valence-corrected chi connectivity index (χ4v) is 3.85. The van der Waals surface area contributed by atoms with Gasteiger partial charge in [0.1, 0.15) is 0 Å². The molecule has 0 atom stereocenters. The average molecular weight is 227 g/mol. The molecule has 1 nitrogen and oxygen atoms in total. The first-order valence-electron chi connectivity index (χ1n) is 5.81. The Hall–Kier alpha value is -0.0831. The molecule has 0 aromatic heterocycles. The summed E-state index contributed by atoms with van der Waals surface area (Å²) in [5.74, 6) is 0. The molecule has 0 spiro atoms. The zero-order valence-corrected chi connectivity index (χ0v) is 12.9. The van der Waals surface area contributed by atoms with Crippen molar-refractivity contribution in [1.82, 2.24) is 4.90 Å². The van der Waals surface area contributed by atoms with E-state index in [1.54, 1.807) is 0 Å². The summed E-state index contributed by atoms with van der Waals surface area (Å²) in [6, 6.07) is 0. The van der Waals surface area contributed by atoms with Gasteiger partial charge in [-0.3, -0.25) is 4.90 Å². The molecule has 0 N–H and O–H groups in total. The molecule has 90 valence electrons. The van der Waals surface area contributed by atoms with Crippen LogP contribution in [-0.2, 0) is 0 Å². The summed E-state index contributed by atoms with van der Waals surface area (Å²) < 4.78 is 0. The van der Waals surface area contributed by atoms with Gasteiger partial charge in [-0.25, -0.2) is 0 Å². The second-order valence-electron chi connectivity index (χ2n) is 7.12. The van der Waals surface area contributed by atoms with Gasteiger partial charge in [-0.2, -0.15) is 0 Å². The maximum atomic E-state index is 3.98. The van der Waals surface area contributed by atoms with Gasteiger partial charge >= 0.3 is 0 Å². The largest absolute Gasteiger partial charge is 0.296 e. The van der Waals surface area contributed by atoms with Crippen LogP contribution in [0.2, 0.25) is 13.1 Å². The van der Waals surface area contributed by atoms with Crippen molar-refractivity contribution in [3.63, 3.8) is 0 Å². The van der Waals surface area contributed by atoms with E-state index in [4.69, 9.17) is 0 Å². The van der Waals surface area contributed by atoms with Crippen LogP contribution >= 0.6 is 0 Å². The average Bonchev–Trinajstić information content (AvgIpc) is 1.96. The minimum atomic E-state index is -1.27. The van der Waals surface area contributed by atoms with Crippen molar-refractivity contribution >= 4 is 8.07 Å². The lowest BCUT2D eigenvalue weighted by atomic mass is 9.97. The highest BCUT2D eigenvalue weighted by atomic mass is 28.3. The van der Waals surface area contributed by atoms with Crippen LogP contribution in [0.1, 0.15) is 41.5 Å². The van der Waals surface area contributed by atoms with Gasteiger partial charge in [0.05, 0.1) is 8.07 Å². The molecule has 0 aliphatic carbocycles. The Morgan fingerprint density at radius 3 is 1.53 bits per heavy atom. The Labute approximate surface area is 97.6 Å². The van der Waals surface area contributed by atoms with Crippen molar-refractivity contribution in [2.24, 2.45) is 0 Å². The fourth-order valence-electron chi connectivity index (χ4n) is 1.95. The minimum absolute atomic E-state index is 0.228. The quantitative estimate of drug-likeness (QED) is 0.662. The van der Waals surface area contributed by atoms with Gasteiger partial charge in [-0.05, 0) is 47.7 Å². The molecule has 0 aliphatic heterocycles. The summed E-state index contributed by atoms with van der Waals surface area (Å²) in [5.41, 5.74) is 2.65. The molecule has 2 heteroatoms. The third-order valence-electron chi connectivity index (χ3n) is 2.74. The maximum Gasteiger partial charge on any atom is 0.0855 e. The van der Waals surface area contributed by atoms with Gasteiger partial charge in [0.2, 0.25) is 0 Å². The molecule has 0 aliphatic rings. The highest BCUT2D eigenvalue weighted by molar-refractivity contribution is 6.82. The first-order chi connectivity index (χ1) is 6.40. The Balaban J connectivity index is 4.93. The Morgan fingerprint density at radius 2 is 1.33 bits per heavy atom. The maximum absolute atomic E-state index is 3.98. The van der Waals surface area contributed by atoms with Crippen LogP contribution in [0, 0.1) is 0 Å². The molecule has 0 heterocycles. The highest BCUT2D eigenvalue weighted by Gasteiger charge is 2.35. The predicted molar refractivity (Wildman–Crippen MR) is 73.9 cm³/mol. The van der Waals surface area contributed by atoms with E-state index in [0.29, 0.717) is 0 Å². The van der Waals surface area contributed by atoms with E-state index in [1.807, 2.05) is 0 Å². The van der Waals surface area contributed by atoms with E-state index >= 15 is 0 Å². The Kier molecular flexibility index (Phi) is 4.40. The van der Waals surface area contributed by atoms with E-state index < -0.39 is 8.07 Å². The summed E-state index contributed by atoms with van der Waals surface area (Å²) in [7, 11) is -1.27. The summed E-state index contributed by atoms with van der Waals surface area (Å²) >= 11 is 0. The molecule has 0 rings (SSSR count). The lowest BCUT2D eigenvalue weighted by Gasteiger charge is -2.48. The van der Waals surface area contributed by atoms with Gasteiger partial charge in [-0.1, -0.05) is 13.1 Å². The van der Waals surface area contributed by atoms with Crippen LogP contribution in [-0.4, -0.2) is 30.2 Å². The van der Waals surface area contributed by atoms with E-state index in [9.17, 15) is 0 Å². The smallest absolute Gasteiger partial charge is 0.0855 e. The van der Waals surface area contributed by atoms with Crippen LogP contribution in [0.5, 0.6) is 0 Å². The van der Waals surface area contributed by atoms with E-state index in [0.717, 1.165) is 0 Å². The highest BCUT2D eigenvalue weighted by Crippen LogP contribution is 2.26. The van der Waals surface area contributed by atoms with E-state index in [1.165, 1.54) is 6.17 Å². The third kappa shape index (κ3) is 4.98. The van der Waals surface area contributed by atoms with Crippen molar-refractivity contribution in [2.75, 3.05) is 6.17 Å². The van der Waals surface area contributed by atoms with Crippen LogP contribution < -0.4 is 0 Å². The van der Waals surface area contributed by atoms with E-state index in [-0.39, 0.29) is 11.1 Å². The number of hydrogen-bond donors (Lipinski definition) is 0. The van der Waals surface area contributed by atoms with Crippen LogP contribution in [0.15, 0.2) is 12.3 Å². The molecule has 0 unspecified atom stereocenters. The summed E-state index contributed by atoms with van der Waals surface area (Å²) in [6.07, 6.45) is 1.18. The van der Waals surface area contributed by atoms with Crippen LogP contribution in [0.3, 0.4) is 0 Å². The molecular formula is C13H29NSi. The normalized spacial score (nSPS) is 14.5. The SMILES string of the molecule is C=C[Si](C)(C)CN(C(C)(C)C)C(C)(C)C. The Bertz CT molecular complexity index is 204. The van der Waals surface area contributed by atoms with Gasteiger partial charge in [-0.15, -0.1) is 12.3 Å². The molecule has 0 amide bonds. The zero-order chi connectivity index (χ0) is 12.5. The zero-order valence-electron chi connectivity index (χ0n) is 11.9. The van der Waals surface area contributed by atoms with Gasteiger partial charge in [0.15, 0.2) is 0 Å². The number of rotatable bonds is 3. The first kappa shape index (κ1) is 14.9. The lowest BCUT2D eigenvalue weighted by molar-refractivity contribution is 0.0575. The predicted octanol–water partition coefficient (Wildman–Crippen LogP) is 3.86. The first-order valence-corrected chi connectivity index (χ1v) is 9.10. The van der Waals surface area contributed by atoms with Crippen LogP contribution in [0.4, 0.5) is 0 Å². The molecule has 0 aromatic rings. The van der Waals surface area contributed by atoms with E-state index in [2.05, 4.69) is 71.8 Å². The van der Waals surface area contributed by atoms with Crippen molar-refractivity contribution < 1.29 is 0 Å². The van der Waals surface area contributed by atoms with Crippen molar-refractivity contribution in [3.8, 4) is 0 Å². The lowest BCUT2D eigenvalue weighted by Crippen LogP contribution is -2.58. The molecule has 0 saturated heterocycles. The van der Waals surface area contributed by atoms with Crippen molar-refractivity contribution in [2.45, 2.75) is 65.7 Å². The summed E-state index contributed by atoms with van der Waals surface area (Å²) in [4.78, 5) is 2.61. The van der Waals surface area contributed by atoms with Crippen LogP contribution in [0.25, 0.3) is 0 Å². The standard InChI is InChI=1S/C13H29NSi/c1-10-15(8,9)11-14(12(2,3)4)13(5,6)7/h10H,1,11H2,2-9H3. The summed E-state index contributed by atoms with van der Waals surface area (Å²) in [5, 5.41) is 0. The third-order valence-corrected chi connectivity index (χ3v) is 4.97. The molecular weight excluding hydrogens is 198 g/mol. The summed E-state index contributed by atoms with van der Waals surface area (Å²) in [6.45, 7) is 22.5. The van der Waals surface area contributed by atoms with Gasteiger partial charge in [0.25, 0.3) is 0 Å². The molecule has 0 bridgehead atoms. The molecule has 0 fully saturated rings. The van der Waals surface area contributed by atoms with Crippen molar-refractivity contribution in [1.29, 1.82) is 0 Å². The second kappa shape index (κ2) is 4.42. The molecule has 0 radical (unpaired) electrons. The Morgan fingerprint density at radius 1 is 1.00 bits per heavy atom. The van der Waals surface area contributed by atoms with Gasteiger partial charge < -0.3 is 0 Å². The number of hydrogen-bond acceptors (Lipinski definition) is 1. The van der Waals surface area contributed by atoms with Crippen molar-refractivity contribution in [3.05, 3.63) is 12.3 Å². The monoisotopic (exact) mass is 227 g/mol.